The summed E-state index contributed by atoms with van der Waals surface area (Å²) in [5, 5.41) is 3.94. The van der Waals surface area contributed by atoms with Crippen LogP contribution >= 0.6 is 0 Å². The predicted molar refractivity (Wildman–Crippen MR) is 103 cm³/mol. The Morgan fingerprint density at radius 2 is 1.96 bits per heavy atom. The maximum absolute atomic E-state index is 12.7. The third-order valence-corrected chi connectivity index (χ3v) is 4.25. The van der Waals surface area contributed by atoms with Gasteiger partial charge < -0.3 is 4.74 Å². The molecule has 0 saturated heterocycles. The number of methoxy groups -OCH3 is 1. The molecule has 0 saturated carbocycles. The Labute approximate surface area is 162 Å². The zero-order chi connectivity index (χ0) is 20.9. The van der Waals surface area contributed by atoms with Crippen molar-refractivity contribution in [1.82, 2.24) is 5.43 Å². The maximum Gasteiger partial charge on any atom is 0.416 e. The van der Waals surface area contributed by atoms with E-state index >= 15 is 0 Å². The van der Waals surface area contributed by atoms with E-state index in [0.29, 0.717) is 0 Å². The third-order valence-electron chi connectivity index (χ3n) is 4.25. The lowest BCUT2D eigenvalue weighted by Gasteiger charge is -2.14. The molecule has 0 spiro atoms. The number of ether oxygens (including phenoxy) is 1. The van der Waals surface area contributed by atoms with Crippen molar-refractivity contribution in [3.05, 3.63) is 64.2 Å². The summed E-state index contributed by atoms with van der Waals surface area (Å²) in [6, 6.07) is 8.54. The standard InChI is InChI=1S/C21H23F3N2O2/c1-13(2)18-11-16(14(3)8-19(18)28-4)12-25-26-20(27)10-15-6-5-7-17(9-15)21(22,23)24/h5-9,11-13H,10H2,1-4H3,(H,26,27)/b25-12+. The van der Waals surface area contributed by atoms with Crippen molar-refractivity contribution in [2.24, 2.45) is 5.10 Å². The normalized spacial score (nSPS) is 11.9. The second-order valence-electron chi connectivity index (χ2n) is 6.77. The monoisotopic (exact) mass is 392 g/mol. The fourth-order valence-corrected chi connectivity index (χ4v) is 2.74. The van der Waals surface area contributed by atoms with Gasteiger partial charge >= 0.3 is 6.18 Å². The first kappa shape index (κ1) is 21.5. The average molecular weight is 392 g/mol. The van der Waals surface area contributed by atoms with Gasteiger partial charge in [0.2, 0.25) is 5.91 Å². The van der Waals surface area contributed by atoms with E-state index in [-0.39, 0.29) is 17.9 Å². The molecule has 0 aromatic heterocycles. The number of hydrogen-bond acceptors (Lipinski definition) is 3. The average Bonchev–Trinajstić information content (AvgIpc) is 2.62. The molecule has 0 unspecified atom stereocenters. The molecule has 0 heterocycles. The molecule has 0 aliphatic heterocycles. The van der Waals surface area contributed by atoms with E-state index in [1.165, 1.54) is 18.3 Å². The highest BCUT2D eigenvalue weighted by Gasteiger charge is 2.30. The lowest BCUT2D eigenvalue weighted by molar-refractivity contribution is -0.137. The Balaban J connectivity index is 2.07. The van der Waals surface area contributed by atoms with E-state index in [2.05, 4.69) is 10.5 Å². The molecule has 0 radical (unpaired) electrons. The van der Waals surface area contributed by atoms with Crippen molar-refractivity contribution >= 4 is 12.1 Å². The summed E-state index contributed by atoms with van der Waals surface area (Å²) in [5.74, 6) is 0.544. The summed E-state index contributed by atoms with van der Waals surface area (Å²) in [5.41, 5.74) is 4.62. The van der Waals surface area contributed by atoms with Gasteiger partial charge in [0.25, 0.3) is 0 Å². The van der Waals surface area contributed by atoms with E-state index in [4.69, 9.17) is 4.74 Å². The van der Waals surface area contributed by atoms with Gasteiger partial charge in [0, 0.05) is 0 Å². The minimum atomic E-state index is -4.44. The number of carbonyl (C=O) groups is 1. The minimum Gasteiger partial charge on any atom is -0.496 e. The van der Waals surface area contributed by atoms with E-state index in [1.807, 2.05) is 32.9 Å². The highest BCUT2D eigenvalue weighted by Crippen LogP contribution is 2.30. The highest BCUT2D eigenvalue weighted by atomic mass is 19.4. The van der Waals surface area contributed by atoms with Crippen LogP contribution in [0.4, 0.5) is 13.2 Å². The summed E-state index contributed by atoms with van der Waals surface area (Å²) in [7, 11) is 1.61. The lowest BCUT2D eigenvalue weighted by atomic mass is 9.97. The minimum absolute atomic E-state index is 0.194. The Morgan fingerprint density at radius 1 is 1.25 bits per heavy atom. The third kappa shape index (κ3) is 5.58. The van der Waals surface area contributed by atoms with Gasteiger partial charge in [-0.05, 0) is 53.3 Å². The molecule has 4 nitrogen and oxygen atoms in total. The smallest absolute Gasteiger partial charge is 0.416 e. The van der Waals surface area contributed by atoms with Crippen LogP contribution in [0.1, 0.15) is 47.6 Å². The van der Waals surface area contributed by atoms with Crippen molar-refractivity contribution in [3.63, 3.8) is 0 Å². The van der Waals surface area contributed by atoms with Crippen LogP contribution in [-0.4, -0.2) is 19.2 Å². The fraction of sp³-hybridized carbons (Fsp3) is 0.333. The van der Waals surface area contributed by atoms with E-state index in [9.17, 15) is 18.0 Å². The quantitative estimate of drug-likeness (QED) is 0.565. The van der Waals surface area contributed by atoms with Gasteiger partial charge in [-0.3, -0.25) is 4.79 Å². The molecule has 7 heteroatoms. The Bertz CT molecular complexity index is 874. The number of amides is 1. The number of nitrogens with zero attached hydrogens (tertiary/aromatic N) is 1. The number of alkyl halides is 3. The van der Waals surface area contributed by atoms with Crippen molar-refractivity contribution in [1.29, 1.82) is 0 Å². The number of aryl methyl sites for hydroxylation is 1. The van der Waals surface area contributed by atoms with Gasteiger partial charge in [-0.15, -0.1) is 0 Å². The van der Waals surface area contributed by atoms with Gasteiger partial charge in [-0.1, -0.05) is 32.0 Å². The van der Waals surface area contributed by atoms with E-state index in [0.717, 1.165) is 34.6 Å². The molecule has 2 aromatic rings. The molecular weight excluding hydrogens is 369 g/mol. The Morgan fingerprint density at radius 3 is 2.57 bits per heavy atom. The molecule has 0 aliphatic carbocycles. The fourth-order valence-electron chi connectivity index (χ4n) is 2.74. The second kappa shape index (κ2) is 8.91. The van der Waals surface area contributed by atoms with Gasteiger partial charge in [-0.25, -0.2) is 5.43 Å². The number of halogens is 3. The first-order valence-electron chi connectivity index (χ1n) is 8.78. The predicted octanol–water partition coefficient (Wildman–Crippen LogP) is 4.84. The molecule has 2 aromatic carbocycles. The zero-order valence-electron chi connectivity index (χ0n) is 16.2. The summed E-state index contributed by atoms with van der Waals surface area (Å²) in [6.07, 6.45) is -3.12. The highest BCUT2D eigenvalue weighted by molar-refractivity contribution is 5.85. The SMILES string of the molecule is COc1cc(C)c(/C=N/NC(=O)Cc2cccc(C(F)(F)F)c2)cc1C(C)C. The molecular formula is C21H23F3N2O2. The van der Waals surface area contributed by atoms with Crippen LogP contribution in [0, 0.1) is 6.92 Å². The van der Waals surface area contributed by atoms with Crippen LogP contribution in [0.3, 0.4) is 0 Å². The molecule has 1 N–H and O–H groups in total. The number of nitrogens with one attached hydrogen (secondary N) is 1. The van der Waals surface area contributed by atoms with Crippen LogP contribution in [0.2, 0.25) is 0 Å². The maximum atomic E-state index is 12.7. The molecule has 0 bridgehead atoms. The molecule has 0 fully saturated rings. The van der Waals surface area contributed by atoms with Gasteiger partial charge in [0.1, 0.15) is 5.75 Å². The summed E-state index contributed by atoms with van der Waals surface area (Å²) >= 11 is 0. The number of hydrazone groups is 1. The van der Waals surface area contributed by atoms with Crippen LogP contribution in [-0.2, 0) is 17.4 Å². The molecule has 150 valence electrons. The first-order valence-corrected chi connectivity index (χ1v) is 8.78. The van der Waals surface area contributed by atoms with Gasteiger partial charge in [-0.2, -0.15) is 18.3 Å². The first-order chi connectivity index (χ1) is 13.1. The molecule has 1 amide bonds. The number of benzene rings is 2. The van der Waals surface area contributed by atoms with Gasteiger partial charge in [0.05, 0.1) is 25.3 Å². The molecule has 0 aliphatic rings. The Hall–Kier alpha value is -2.83. The van der Waals surface area contributed by atoms with Crippen molar-refractivity contribution in [3.8, 4) is 5.75 Å². The van der Waals surface area contributed by atoms with E-state index < -0.39 is 17.6 Å². The van der Waals surface area contributed by atoms with Crippen LogP contribution in [0.15, 0.2) is 41.5 Å². The molecule has 0 atom stereocenters. The van der Waals surface area contributed by atoms with Crippen molar-refractivity contribution < 1.29 is 22.7 Å². The van der Waals surface area contributed by atoms with E-state index in [1.54, 1.807) is 7.11 Å². The molecule has 28 heavy (non-hydrogen) atoms. The van der Waals surface area contributed by atoms with Crippen LogP contribution in [0.25, 0.3) is 0 Å². The second-order valence-corrected chi connectivity index (χ2v) is 6.77. The summed E-state index contributed by atoms with van der Waals surface area (Å²) in [6.45, 7) is 5.99. The summed E-state index contributed by atoms with van der Waals surface area (Å²) in [4.78, 5) is 12.0. The van der Waals surface area contributed by atoms with Crippen molar-refractivity contribution in [2.45, 2.75) is 39.3 Å². The molecule has 2 rings (SSSR count). The number of carbonyl (C=O) groups excluding carboxylic acids is 1. The van der Waals surface area contributed by atoms with Crippen LogP contribution < -0.4 is 10.2 Å². The van der Waals surface area contributed by atoms with Crippen molar-refractivity contribution in [2.75, 3.05) is 7.11 Å². The number of rotatable bonds is 6. The Kier molecular flexibility index (Phi) is 6.83. The summed E-state index contributed by atoms with van der Waals surface area (Å²) < 4.78 is 43.6. The van der Waals surface area contributed by atoms with Crippen LogP contribution in [0.5, 0.6) is 5.75 Å². The zero-order valence-corrected chi connectivity index (χ0v) is 16.2. The largest absolute Gasteiger partial charge is 0.496 e. The topological polar surface area (TPSA) is 50.7 Å². The number of hydrogen-bond donors (Lipinski definition) is 1. The van der Waals surface area contributed by atoms with Gasteiger partial charge in [0.15, 0.2) is 0 Å². The lowest BCUT2D eigenvalue weighted by Crippen LogP contribution is -2.20.